The van der Waals surface area contributed by atoms with Crippen molar-refractivity contribution < 1.29 is 9.53 Å². The van der Waals surface area contributed by atoms with Gasteiger partial charge < -0.3 is 9.64 Å². The van der Waals surface area contributed by atoms with Crippen LogP contribution in [0.4, 0.5) is 5.69 Å². The Labute approximate surface area is 118 Å². The van der Waals surface area contributed by atoms with E-state index in [9.17, 15) is 4.79 Å². The Morgan fingerprint density at radius 2 is 2.11 bits per heavy atom. The van der Waals surface area contributed by atoms with Gasteiger partial charge in [0.25, 0.3) is 0 Å². The molecular formula is C15H18ClNO2. The first-order chi connectivity index (χ1) is 8.90. The number of hydrogen-bond donors (Lipinski definition) is 0. The standard InChI is InChI=1S/C15H18ClNO2/c1-10-8-15(2,3)17(14(18)9-16)13-6-5-11(19-4)7-12(10)13/h5-8H,9H2,1-4H3. The first-order valence-corrected chi connectivity index (χ1v) is 6.71. The summed E-state index contributed by atoms with van der Waals surface area (Å²) >= 11 is 5.74. The molecule has 0 spiro atoms. The molecule has 0 fully saturated rings. The zero-order valence-corrected chi connectivity index (χ0v) is 12.4. The monoisotopic (exact) mass is 279 g/mol. The minimum atomic E-state index is -0.377. The maximum absolute atomic E-state index is 12.1. The third-order valence-electron chi connectivity index (χ3n) is 3.38. The van der Waals surface area contributed by atoms with Crippen molar-refractivity contribution in [2.75, 3.05) is 17.9 Å². The van der Waals surface area contributed by atoms with Gasteiger partial charge in [-0.05, 0) is 44.5 Å². The number of alkyl halides is 1. The number of methoxy groups -OCH3 is 1. The van der Waals surface area contributed by atoms with E-state index in [0.717, 1.165) is 22.6 Å². The van der Waals surface area contributed by atoms with E-state index < -0.39 is 0 Å². The van der Waals surface area contributed by atoms with E-state index in [4.69, 9.17) is 16.3 Å². The fourth-order valence-corrected chi connectivity index (χ4v) is 2.77. The highest BCUT2D eigenvalue weighted by Crippen LogP contribution is 2.40. The van der Waals surface area contributed by atoms with Crippen LogP contribution in [0.3, 0.4) is 0 Å². The summed E-state index contributed by atoms with van der Waals surface area (Å²) in [4.78, 5) is 13.9. The van der Waals surface area contributed by atoms with E-state index in [1.54, 1.807) is 12.0 Å². The molecule has 0 atom stereocenters. The summed E-state index contributed by atoms with van der Waals surface area (Å²) in [6.07, 6.45) is 2.08. The molecule has 1 heterocycles. The molecule has 0 radical (unpaired) electrons. The number of halogens is 1. The van der Waals surface area contributed by atoms with Crippen LogP contribution >= 0.6 is 11.6 Å². The number of carbonyl (C=O) groups excluding carboxylic acids is 1. The van der Waals surface area contributed by atoms with E-state index in [-0.39, 0.29) is 17.3 Å². The molecular weight excluding hydrogens is 262 g/mol. The van der Waals surface area contributed by atoms with Crippen molar-refractivity contribution >= 4 is 28.8 Å². The van der Waals surface area contributed by atoms with Gasteiger partial charge in [0.1, 0.15) is 11.6 Å². The van der Waals surface area contributed by atoms with Crippen LogP contribution in [0.25, 0.3) is 5.57 Å². The summed E-state index contributed by atoms with van der Waals surface area (Å²) in [7, 11) is 1.63. The lowest BCUT2D eigenvalue weighted by Gasteiger charge is -2.41. The number of allylic oxidation sites excluding steroid dienone is 1. The summed E-state index contributed by atoms with van der Waals surface area (Å²) in [6, 6.07) is 5.73. The Morgan fingerprint density at radius 3 is 2.68 bits per heavy atom. The quantitative estimate of drug-likeness (QED) is 0.776. The third kappa shape index (κ3) is 2.35. The number of benzene rings is 1. The van der Waals surface area contributed by atoms with Crippen LogP contribution in [0.1, 0.15) is 26.3 Å². The molecule has 102 valence electrons. The van der Waals surface area contributed by atoms with E-state index in [1.165, 1.54) is 0 Å². The van der Waals surface area contributed by atoms with Gasteiger partial charge >= 0.3 is 0 Å². The van der Waals surface area contributed by atoms with E-state index in [2.05, 4.69) is 6.08 Å². The average molecular weight is 280 g/mol. The second kappa shape index (κ2) is 4.89. The summed E-state index contributed by atoms with van der Waals surface area (Å²) < 4.78 is 5.25. The summed E-state index contributed by atoms with van der Waals surface area (Å²) in [5, 5.41) is 0. The molecule has 19 heavy (non-hydrogen) atoms. The van der Waals surface area contributed by atoms with Crippen molar-refractivity contribution in [3.8, 4) is 5.75 Å². The zero-order valence-electron chi connectivity index (χ0n) is 11.7. The van der Waals surface area contributed by atoms with Crippen molar-refractivity contribution in [2.24, 2.45) is 0 Å². The minimum Gasteiger partial charge on any atom is -0.497 e. The molecule has 0 N–H and O–H groups in total. The molecule has 0 aliphatic carbocycles. The highest BCUT2D eigenvalue weighted by atomic mass is 35.5. The number of fused-ring (bicyclic) bond motifs is 1. The predicted molar refractivity (Wildman–Crippen MR) is 78.9 cm³/mol. The Balaban J connectivity index is 2.62. The molecule has 3 nitrogen and oxygen atoms in total. The number of amides is 1. The SMILES string of the molecule is COc1ccc2c(c1)C(C)=CC(C)(C)N2C(=O)CCl. The van der Waals surface area contributed by atoms with Gasteiger partial charge in [0.05, 0.1) is 18.3 Å². The average Bonchev–Trinajstić information content (AvgIpc) is 2.37. The number of anilines is 1. The van der Waals surface area contributed by atoms with Gasteiger partial charge in [-0.2, -0.15) is 0 Å². The Morgan fingerprint density at radius 1 is 1.42 bits per heavy atom. The molecule has 1 aliphatic heterocycles. The summed E-state index contributed by atoms with van der Waals surface area (Å²) in [6.45, 7) is 6.06. The number of carbonyl (C=O) groups is 1. The predicted octanol–water partition coefficient (Wildman–Crippen LogP) is 3.46. The van der Waals surface area contributed by atoms with Crippen molar-refractivity contribution in [1.82, 2.24) is 0 Å². The van der Waals surface area contributed by atoms with Gasteiger partial charge in [-0.3, -0.25) is 4.79 Å². The lowest BCUT2D eigenvalue weighted by atomic mass is 9.88. The van der Waals surface area contributed by atoms with Crippen molar-refractivity contribution in [1.29, 1.82) is 0 Å². The Kier molecular flexibility index (Phi) is 3.59. The Bertz CT molecular complexity index is 549. The van der Waals surface area contributed by atoms with Gasteiger partial charge in [-0.25, -0.2) is 0 Å². The number of nitrogens with zero attached hydrogens (tertiary/aromatic N) is 1. The third-order valence-corrected chi connectivity index (χ3v) is 3.61. The number of rotatable bonds is 2. The van der Waals surface area contributed by atoms with E-state index >= 15 is 0 Å². The summed E-state index contributed by atoms with van der Waals surface area (Å²) in [5.74, 6) is 0.660. The summed E-state index contributed by atoms with van der Waals surface area (Å²) in [5.41, 5.74) is 2.66. The molecule has 0 aromatic heterocycles. The topological polar surface area (TPSA) is 29.5 Å². The van der Waals surface area contributed by atoms with Crippen molar-refractivity contribution in [2.45, 2.75) is 26.3 Å². The molecule has 1 aliphatic rings. The van der Waals surface area contributed by atoms with Crippen LogP contribution < -0.4 is 9.64 Å². The van der Waals surface area contributed by atoms with E-state index in [0.29, 0.717) is 0 Å². The first kappa shape index (κ1) is 13.9. The Hall–Kier alpha value is -1.48. The van der Waals surface area contributed by atoms with Gasteiger partial charge in [-0.15, -0.1) is 11.6 Å². The van der Waals surface area contributed by atoms with E-state index in [1.807, 2.05) is 39.0 Å². The highest BCUT2D eigenvalue weighted by molar-refractivity contribution is 6.29. The van der Waals surface area contributed by atoms with Gasteiger partial charge in [0.15, 0.2) is 0 Å². The second-order valence-corrected chi connectivity index (χ2v) is 5.49. The normalized spacial score (nSPS) is 16.7. The van der Waals surface area contributed by atoms with Crippen LogP contribution in [-0.2, 0) is 4.79 Å². The van der Waals surface area contributed by atoms with Crippen LogP contribution in [0.5, 0.6) is 5.75 Å². The van der Waals surface area contributed by atoms with Gasteiger partial charge in [0.2, 0.25) is 5.91 Å². The van der Waals surface area contributed by atoms with Crippen LogP contribution in [0.2, 0.25) is 0 Å². The molecule has 0 saturated heterocycles. The van der Waals surface area contributed by atoms with Crippen LogP contribution in [0.15, 0.2) is 24.3 Å². The molecule has 2 rings (SSSR count). The largest absolute Gasteiger partial charge is 0.497 e. The maximum Gasteiger partial charge on any atom is 0.242 e. The zero-order chi connectivity index (χ0) is 14.2. The smallest absolute Gasteiger partial charge is 0.242 e. The van der Waals surface area contributed by atoms with Gasteiger partial charge in [-0.1, -0.05) is 6.08 Å². The molecule has 4 heteroatoms. The van der Waals surface area contributed by atoms with Crippen LogP contribution in [0, 0.1) is 0 Å². The molecule has 0 saturated carbocycles. The molecule has 0 unspecified atom stereocenters. The lowest BCUT2D eigenvalue weighted by Crippen LogP contribution is -2.49. The maximum atomic E-state index is 12.1. The minimum absolute atomic E-state index is 0.0260. The van der Waals surface area contributed by atoms with Gasteiger partial charge in [0, 0.05) is 5.56 Å². The molecule has 1 amide bonds. The molecule has 0 bridgehead atoms. The molecule has 1 aromatic rings. The molecule has 1 aromatic carbocycles. The number of hydrogen-bond acceptors (Lipinski definition) is 2. The fraction of sp³-hybridized carbons (Fsp3) is 0.400. The van der Waals surface area contributed by atoms with Crippen molar-refractivity contribution in [3.05, 3.63) is 29.8 Å². The fourth-order valence-electron chi connectivity index (χ4n) is 2.65. The lowest BCUT2D eigenvalue weighted by molar-refractivity contribution is -0.117. The highest BCUT2D eigenvalue weighted by Gasteiger charge is 2.35. The second-order valence-electron chi connectivity index (χ2n) is 5.23. The first-order valence-electron chi connectivity index (χ1n) is 6.17. The van der Waals surface area contributed by atoms with Crippen LogP contribution in [-0.4, -0.2) is 24.4 Å². The number of ether oxygens (including phenoxy) is 1. The van der Waals surface area contributed by atoms with Crippen molar-refractivity contribution in [3.63, 3.8) is 0 Å².